The van der Waals surface area contributed by atoms with Gasteiger partial charge in [0.1, 0.15) is 0 Å². The van der Waals surface area contributed by atoms with Crippen molar-refractivity contribution in [3.8, 4) is 0 Å². The molecule has 2 N–H and O–H groups in total. The Balaban J connectivity index is 1.94. The minimum Gasteiger partial charge on any atom is -0.358 e. The van der Waals surface area contributed by atoms with Gasteiger partial charge in [-0.15, -0.1) is 0 Å². The Kier molecular flexibility index (Phi) is 4.62. The van der Waals surface area contributed by atoms with Gasteiger partial charge in [0, 0.05) is 35.6 Å². The molecule has 0 aliphatic carbocycles. The van der Waals surface area contributed by atoms with Gasteiger partial charge in [0.15, 0.2) is 5.11 Å². The van der Waals surface area contributed by atoms with Gasteiger partial charge in [-0.3, -0.25) is 4.68 Å². The lowest BCUT2D eigenvalue weighted by molar-refractivity contribution is 0.729. The van der Waals surface area contributed by atoms with Crippen molar-refractivity contribution < 1.29 is 0 Å². The Morgan fingerprint density at radius 3 is 2.50 bits per heavy atom. The monoisotopic (exact) mass is 308 g/mol. The van der Waals surface area contributed by atoms with Crippen molar-refractivity contribution in [2.45, 2.75) is 20.4 Å². The van der Waals surface area contributed by atoms with E-state index < -0.39 is 0 Å². The normalized spacial score (nSPS) is 10.4. The third-order valence-electron chi connectivity index (χ3n) is 3.19. The fraction of sp³-hybridized carbons (Fsp3) is 0.286. The van der Waals surface area contributed by atoms with Crippen LogP contribution in [0.25, 0.3) is 0 Å². The van der Waals surface area contributed by atoms with Crippen LogP contribution in [-0.2, 0) is 13.6 Å². The van der Waals surface area contributed by atoms with E-state index in [2.05, 4.69) is 15.7 Å². The minimum atomic E-state index is 0.579. The Morgan fingerprint density at radius 1 is 1.30 bits per heavy atom. The molecule has 1 heterocycles. The van der Waals surface area contributed by atoms with Crippen molar-refractivity contribution in [1.29, 1.82) is 0 Å². The van der Waals surface area contributed by atoms with Gasteiger partial charge in [-0.25, -0.2) is 0 Å². The first kappa shape index (κ1) is 14.8. The topological polar surface area (TPSA) is 41.9 Å². The second kappa shape index (κ2) is 6.24. The van der Waals surface area contributed by atoms with Crippen molar-refractivity contribution in [3.05, 3.63) is 46.2 Å². The maximum atomic E-state index is 5.84. The van der Waals surface area contributed by atoms with E-state index in [1.165, 1.54) is 5.56 Å². The Bertz CT molecular complexity index is 619. The molecular weight excluding hydrogens is 292 g/mol. The van der Waals surface area contributed by atoms with Crippen LogP contribution in [0.15, 0.2) is 24.3 Å². The molecule has 0 bridgehead atoms. The molecule has 0 radical (unpaired) electrons. The average Bonchev–Trinajstić information content (AvgIpc) is 2.64. The van der Waals surface area contributed by atoms with E-state index in [4.69, 9.17) is 23.8 Å². The Hall–Kier alpha value is -1.59. The molecule has 20 heavy (non-hydrogen) atoms. The zero-order valence-electron chi connectivity index (χ0n) is 11.7. The van der Waals surface area contributed by atoms with Gasteiger partial charge >= 0.3 is 0 Å². The summed E-state index contributed by atoms with van der Waals surface area (Å²) in [6.07, 6.45) is 0. The molecule has 0 fully saturated rings. The number of nitrogens with zero attached hydrogens (tertiary/aromatic N) is 2. The molecule has 1 aromatic carbocycles. The predicted molar refractivity (Wildman–Crippen MR) is 87.2 cm³/mol. The minimum absolute atomic E-state index is 0.579. The van der Waals surface area contributed by atoms with Crippen LogP contribution in [0.5, 0.6) is 0 Å². The van der Waals surface area contributed by atoms with E-state index in [-0.39, 0.29) is 0 Å². The lowest BCUT2D eigenvalue weighted by atomic mass is 10.2. The van der Waals surface area contributed by atoms with E-state index in [1.807, 2.05) is 49.8 Å². The highest BCUT2D eigenvalue weighted by atomic mass is 35.5. The number of thiocarbonyl (C=S) groups is 1. The highest BCUT2D eigenvalue weighted by molar-refractivity contribution is 7.80. The van der Waals surface area contributed by atoms with Gasteiger partial charge in [0.05, 0.1) is 5.69 Å². The predicted octanol–water partition coefficient (Wildman–Crippen LogP) is 3.18. The molecular formula is C14H17ClN4S. The lowest BCUT2D eigenvalue weighted by Crippen LogP contribution is -2.28. The number of aromatic nitrogens is 2. The molecule has 1 aromatic heterocycles. The summed E-state index contributed by atoms with van der Waals surface area (Å²) in [5.74, 6) is 0. The van der Waals surface area contributed by atoms with E-state index in [0.29, 0.717) is 16.7 Å². The average molecular weight is 309 g/mol. The van der Waals surface area contributed by atoms with Gasteiger partial charge in [-0.2, -0.15) is 5.10 Å². The quantitative estimate of drug-likeness (QED) is 0.855. The van der Waals surface area contributed by atoms with Crippen LogP contribution in [0.4, 0.5) is 5.69 Å². The van der Waals surface area contributed by atoms with Crippen LogP contribution < -0.4 is 10.6 Å². The van der Waals surface area contributed by atoms with Crippen LogP contribution >= 0.6 is 23.8 Å². The van der Waals surface area contributed by atoms with Crippen molar-refractivity contribution in [2.24, 2.45) is 7.05 Å². The highest BCUT2D eigenvalue weighted by Crippen LogP contribution is 2.14. The van der Waals surface area contributed by atoms with Crippen LogP contribution in [0.1, 0.15) is 17.0 Å². The summed E-state index contributed by atoms with van der Waals surface area (Å²) in [7, 11) is 1.94. The van der Waals surface area contributed by atoms with Crippen LogP contribution in [0, 0.1) is 13.8 Å². The van der Waals surface area contributed by atoms with Gasteiger partial charge in [-0.1, -0.05) is 11.6 Å². The van der Waals surface area contributed by atoms with Crippen molar-refractivity contribution in [3.63, 3.8) is 0 Å². The van der Waals surface area contributed by atoms with Crippen LogP contribution in [0.3, 0.4) is 0 Å². The first-order chi connectivity index (χ1) is 9.47. The molecule has 6 heteroatoms. The number of anilines is 1. The van der Waals surface area contributed by atoms with E-state index >= 15 is 0 Å². The summed E-state index contributed by atoms with van der Waals surface area (Å²) in [4.78, 5) is 0. The fourth-order valence-corrected chi connectivity index (χ4v) is 2.27. The number of hydrogen-bond donors (Lipinski definition) is 2. The number of rotatable bonds is 3. The Labute approximate surface area is 129 Å². The molecule has 0 spiro atoms. The third kappa shape index (κ3) is 3.49. The van der Waals surface area contributed by atoms with Gasteiger partial charge in [0.25, 0.3) is 0 Å². The molecule has 2 aromatic rings. The van der Waals surface area contributed by atoms with Gasteiger partial charge < -0.3 is 10.6 Å². The zero-order chi connectivity index (χ0) is 14.7. The number of nitrogens with one attached hydrogen (secondary N) is 2. The highest BCUT2D eigenvalue weighted by Gasteiger charge is 2.09. The van der Waals surface area contributed by atoms with E-state index in [9.17, 15) is 0 Å². The van der Waals surface area contributed by atoms with E-state index in [0.717, 1.165) is 17.1 Å². The maximum absolute atomic E-state index is 5.84. The first-order valence-corrected chi connectivity index (χ1v) is 7.05. The smallest absolute Gasteiger partial charge is 0.171 e. The lowest BCUT2D eigenvalue weighted by Gasteiger charge is -2.11. The molecule has 0 aliphatic heterocycles. The largest absolute Gasteiger partial charge is 0.358 e. The van der Waals surface area contributed by atoms with Crippen molar-refractivity contribution in [2.75, 3.05) is 5.32 Å². The van der Waals surface area contributed by atoms with Crippen molar-refractivity contribution in [1.82, 2.24) is 15.1 Å². The molecule has 106 valence electrons. The SMILES string of the molecule is Cc1nn(C)c(C)c1CNC(=S)Nc1ccc(Cl)cc1. The number of aryl methyl sites for hydroxylation is 2. The molecule has 0 aliphatic rings. The zero-order valence-corrected chi connectivity index (χ0v) is 13.3. The Morgan fingerprint density at radius 2 is 1.95 bits per heavy atom. The standard InChI is InChI=1S/C14H17ClN4S/c1-9-13(10(2)19(3)18-9)8-16-14(20)17-12-6-4-11(15)5-7-12/h4-7H,8H2,1-3H3,(H2,16,17,20). The first-order valence-electron chi connectivity index (χ1n) is 6.27. The van der Waals surface area contributed by atoms with E-state index in [1.54, 1.807) is 0 Å². The van der Waals surface area contributed by atoms with Crippen molar-refractivity contribution >= 4 is 34.6 Å². The molecule has 4 nitrogen and oxygen atoms in total. The number of halogens is 1. The summed E-state index contributed by atoms with van der Waals surface area (Å²) in [5, 5.41) is 12.0. The molecule has 0 saturated heterocycles. The maximum Gasteiger partial charge on any atom is 0.171 e. The number of benzene rings is 1. The molecule has 2 rings (SSSR count). The van der Waals surface area contributed by atoms with Gasteiger partial charge in [0.2, 0.25) is 0 Å². The molecule has 0 unspecified atom stereocenters. The second-order valence-corrected chi connectivity index (χ2v) is 5.43. The summed E-state index contributed by atoms with van der Waals surface area (Å²) in [6, 6.07) is 7.41. The number of hydrogen-bond acceptors (Lipinski definition) is 2. The summed E-state index contributed by atoms with van der Waals surface area (Å²) in [5.41, 5.74) is 4.25. The summed E-state index contributed by atoms with van der Waals surface area (Å²) in [6.45, 7) is 4.71. The summed E-state index contributed by atoms with van der Waals surface area (Å²) < 4.78 is 1.88. The molecule has 0 amide bonds. The summed E-state index contributed by atoms with van der Waals surface area (Å²) >= 11 is 11.1. The van der Waals surface area contributed by atoms with Crippen LogP contribution in [-0.4, -0.2) is 14.9 Å². The third-order valence-corrected chi connectivity index (χ3v) is 3.69. The second-order valence-electron chi connectivity index (χ2n) is 4.59. The van der Waals surface area contributed by atoms with Gasteiger partial charge in [-0.05, 0) is 50.3 Å². The van der Waals surface area contributed by atoms with Crippen LogP contribution in [0.2, 0.25) is 5.02 Å². The molecule has 0 atom stereocenters. The molecule has 0 saturated carbocycles. The fourth-order valence-electron chi connectivity index (χ4n) is 1.95.